The first-order chi connectivity index (χ1) is 12.9. The minimum absolute atomic E-state index is 0.0465. The number of nitrogens with zero attached hydrogens (tertiary/aromatic N) is 1. The number of hydroxylamine groups is 2. The largest absolute Gasteiger partial charge is 0.377 e. The summed E-state index contributed by atoms with van der Waals surface area (Å²) in [4.78, 5) is 12.7. The lowest BCUT2D eigenvalue weighted by Gasteiger charge is -2.42. The van der Waals surface area contributed by atoms with Crippen LogP contribution in [0.15, 0.2) is 12.2 Å². The summed E-state index contributed by atoms with van der Waals surface area (Å²) in [7, 11) is -5.35. The van der Waals surface area contributed by atoms with Crippen molar-refractivity contribution in [1.29, 1.82) is 0 Å². The third-order valence-corrected chi connectivity index (χ3v) is 9.41. The number of piperidine rings is 1. The maximum absolute atomic E-state index is 13.0. The topological polar surface area (TPSA) is 142 Å². The van der Waals surface area contributed by atoms with Gasteiger partial charge in [0.15, 0.2) is 9.84 Å². The number of sulfone groups is 1. The molecular formula is C16H29N3O7S2. The predicted molar refractivity (Wildman–Crippen MR) is 103 cm³/mol. The number of carbonyl (C=O) groups is 1. The zero-order valence-electron chi connectivity index (χ0n) is 16.3. The Morgan fingerprint density at radius 2 is 1.86 bits per heavy atom. The number of hydrogen-bond donors (Lipinski definition) is 3. The van der Waals surface area contributed by atoms with Gasteiger partial charge in [-0.3, -0.25) is 10.0 Å². The second-order valence-electron chi connectivity index (χ2n) is 7.32. The summed E-state index contributed by atoms with van der Waals surface area (Å²) in [5.41, 5.74) is 0. The fourth-order valence-corrected chi connectivity index (χ4v) is 6.95. The first-order valence-corrected chi connectivity index (χ1v) is 12.5. The second-order valence-corrected chi connectivity index (χ2v) is 11.6. The van der Waals surface area contributed by atoms with Gasteiger partial charge in [-0.05, 0) is 38.8 Å². The number of hydrogen-bond acceptors (Lipinski definition) is 8. The van der Waals surface area contributed by atoms with Crippen LogP contribution in [0.4, 0.5) is 0 Å². The van der Waals surface area contributed by atoms with Gasteiger partial charge < -0.3 is 10.1 Å². The van der Waals surface area contributed by atoms with Crippen LogP contribution >= 0.6 is 0 Å². The Morgan fingerprint density at radius 3 is 2.29 bits per heavy atom. The van der Waals surface area contributed by atoms with Gasteiger partial charge in [-0.25, -0.2) is 26.6 Å². The molecule has 1 amide bonds. The molecule has 3 atom stereocenters. The van der Waals surface area contributed by atoms with Gasteiger partial charge in [-0.1, -0.05) is 12.2 Å². The van der Waals surface area contributed by atoms with Crippen molar-refractivity contribution in [3.05, 3.63) is 12.2 Å². The lowest BCUT2D eigenvalue weighted by molar-refractivity contribution is -0.162. The highest BCUT2D eigenvalue weighted by Gasteiger charge is 2.54. The SMILES string of the molecule is COC1C=CC(S(=O)(=O)NC(C(=O)N(C)O)C2(S(C)(=O)=O)CCNCC2)CC1. The molecule has 3 N–H and O–H groups in total. The van der Waals surface area contributed by atoms with Gasteiger partial charge in [-0.2, -0.15) is 0 Å². The molecule has 1 aliphatic heterocycles. The molecule has 0 saturated carbocycles. The molecule has 12 heteroatoms. The highest BCUT2D eigenvalue weighted by atomic mass is 32.2. The number of methoxy groups -OCH3 is 1. The van der Waals surface area contributed by atoms with Gasteiger partial charge >= 0.3 is 0 Å². The molecule has 2 rings (SSSR count). The number of likely N-dealkylation sites (N-methyl/N-ethyl adjacent to an activating group) is 1. The second kappa shape index (κ2) is 8.76. The van der Waals surface area contributed by atoms with Crippen LogP contribution in [0.5, 0.6) is 0 Å². The van der Waals surface area contributed by atoms with Crippen LogP contribution in [0.3, 0.4) is 0 Å². The molecule has 1 saturated heterocycles. The summed E-state index contributed by atoms with van der Waals surface area (Å²) < 4.78 is 57.1. The molecule has 0 radical (unpaired) electrons. The zero-order chi connectivity index (χ0) is 21.2. The molecular weight excluding hydrogens is 410 g/mol. The van der Waals surface area contributed by atoms with E-state index in [1.54, 1.807) is 6.08 Å². The third kappa shape index (κ3) is 4.74. The highest BCUT2D eigenvalue weighted by molar-refractivity contribution is 7.92. The molecule has 1 fully saturated rings. The van der Waals surface area contributed by atoms with Gasteiger partial charge in [0.2, 0.25) is 10.0 Å². The molecule has 1 aliphatic carbocycles. The first kappa shape index (κ1) is 23.2. The van der Waals surface area contributed by atoms with Crippen molar-refractivity contribution in [3.8, 4) is 0 Å². The van der Waals surface area contributed by atoms with Crippen molar-refractivity contribution >= 4 is 25.8 Å². The summed E-state index contributed by atoms with van der Waals surface area (Å²) in [6.45, 7) is 0.624. The first-order valence-electron chi connectivity index (χ1n) is 9.03. The summed E-state index contributed by atoms with van der Waals surface area (Å²) in [5.74, 6) is -1.01. The maximum atomic E-state index is 13.0. The van der Waals surface area contributed by atoms with Crippen molar-refractivity contribution in [3.63, 3.8) is 0 Å². The van der Waals surface area contributed by atoms with Gasteiger partial charge in [0.25, 0.3) is 5.91 Å². The smallest absolute Gasteiger partial charge is 0.265 e. The molecule has 162 valence electrons. The minimum atomic E-state index is -4.08. The van der Waals surface area contributed by atoms with E-state index in [-0.39, 0.29) is 30.4 Å². The Kier molecular flexibility index (Phi) is 7.27. The average molecular weight is 440 g/mol. The lowest BCUT2D eigenvalue weighted by Crippen LogP contribution is -2.66. The molecule has 2 aliphatic rings. The third-order valence-electron chi connectivity index (χ3n) is 5.54. The van der Waals surface area contributed by atoms with E-state index in [4.69, 9.17) is 4.74 Å². The van der Waals surface area contributed by atoms with Crippen LogP contribution in [0, 0.1) is 0 Å². The van der Waals surface area contributed by atoms with Crippen LogP contribution in [0.25, 0.3) is 0 Å². The van der Waals surface area contributed by atoms with Crippen molar-refractivity contribution in [2.75, 3.05) is 33.5 Å². The Labute approximate surface area is 166 Å². The number of sulfonamides is 1. The normalized spacial score (nSPS) is 26.6. The van der Waals surface area contributed by atoms with Crippen LogP contribution in [0.1, 0.15) is 25.7 Å². The Bertz CT molecular complexity index is 802. The number of amides is 1. The van der Waals surface area contributed by atoms with E-state index in [1.807, 2.05) is 0 Å². The lowest BCUT2D eigenvalue weighted by atomic mass is 9.89. The van der Waals surface area contributed by atoms with Crippen LogP contribution in [-0.4, -0.2) is 88.7 Å². The van der Waals surface area contributed by atoms with Crippen molar-refractivity contribution in [1.82, 2.24) is 15.1 Å². The predicted octanol–water partition coefficient (Wildman–Crippen LogP) is -0.978. The van der Waals surface area contributed by atoms with Crippen molar-refractivity contribution < 1.29 is 31.6 Å². The van der Waals surface area contributed by atoms with E-state index in [0.29, 0.717) is 19.5 Å². The van der Waals surface area contributed by atoms with Gasteiger partial charge in [0, 0.05) is 20.4 Å². The molecule has 0 aromatic carbocycles. The highest BCUT2D eigenvalue weighted by Crippen LogP contribution is 2.33. The number of nitrogens with one attached hydrogen (secondary N) is 2. The quantitative estimate of drug-likeness (QED) is 0.261. The van der Waals surface area contributed by atoms with Gasteiger partial charge in [0.1, 0.15) is 6.04 Å². The Morgan fingerprint density at radius 1 is 1.25 bits per heavy atom. The molecule has 0 aromatic rings. The molecule has 0 bridgehead atoms. The molecule has 10 nitrogen and oxygen atoms in total. The maximum Gasteiger partial charge on any atom is 0.265 e. The fourth-order valence-electron chi connectivity index (χ4n) is 3.77. The Hall–Kier alpha value is -1.05. The van der Waals surface area contributed by atoms with E-state index in [1.165, 1.54) is 13.2 Å². The van der Waals surface area contributed by atoms with E-state index >= 15 is 0 Å². The van der Waals surface area contributed by atoms with Crippen LogP contribution in [-0.2, 0) is 29.4 Å². The van der Waals surface area contributed by atoms with Crippen LogP contribution in [0.2, 0.25) is 0 Å². The van der Waals surface area contributed by atoms with Gasteiger partial charge in [-0.15, -0.1) is 0 Å². The van der Waals surface area contributed by atoms with Crippen molar-refractivity contribution in [2.45, 2.75) is 47.8 Å². The van der Waals surface area contributed by atoms with Crippen molar-refractivity contribution in [2.24, 2.45) is 0 Å². The van der Waals surface area contributed by atoms with E-state index < -0.39 is 41.8 Å². The summed E-state index contributed by atoms with van der Waals surface area (Å²) in [5, 5.41) is 12.0. The Balaban J connectivity index is 2.42. The minimum Gasteiger partial charge on any atom is -0.377 e. The average Bonchev–Trinajstić information content (AvgIpc) is 2.65. The molecule has 28 heavy (non-hydrogen) atoms. The molecule has 1 heterocycles. The molecule has 0 aromatic heterocycles. The molecule has 0 spiro atoms. The standard InChI is InChI=1S/C16H29N3O7S2/c1-19(21)15(20)14(16(27(3,22)23)8-10-17-11-9-16)18-28(24,25)13-6-4-12(26-2)5-7-13/h4,6,12-14,17-18,21H,5,7-11H2,1-3H3. The van der Waals surface area contributed by atoms with E-state index in [0.717, 1.165) is 13.3 Å². The van der Waals surface area contributed by atoms with Gasteiger partial charge in [0.05, 0.1) is 16.1 Å². The zero-order valence-corrected chi connectivity index (χ0v) is 17.9. The summed E-state index contributed by atoms with van der Waals surface area (Å²) in [6.07, 6.45) is 4.79. The number of ether oxygens (including phenoxy) is 1. The monoisotopic (exact) mass is 439 g/mol. The number of rotatable bonds is 7. The van der Waals surface area contributed by atoms with E-state index in [2.05, 4.69) is 10.0 Å². The van der Waals surface area contributed by atoms with Crippen LogP contribution < -0.4 is 10.0 Å². The number of carbonyl (C=O) groups excluding carboxylic acids is 1. The summed E-state index contributed by atoms with van der Waals surface area (Å²) >= 11 is 0. The summed E-state index contributed by atoms with van der Waals surface area (Å²) in [6, 6.07) is -1.63. The molecule has 3 unspecified atom stereocenters. The fraction of sp³-hybridized carbons (Fsp3) is 0.812. The van der Waals surface area contributed by atoms with E-state index in [9.17, 15) is 26.8 Å².